The maximum absolute atomic E-state index is 11.8. The highest BCUT2D eigenvalue weighted by Crippen LogP contribution is 2.14. The van der Waals surface area contributed by atoms with E-state index in [0.29, 0.717) is 24.2 Å². The van der Waals surface area contributed by atoms with Crippen LogP contribution in [0.2, 0.25) is 0 Å². The summed E-state index contributed by atoms with van der Waals surface area (Å²) in [6, 6.07) is 3.55. The summed E-state index contributed by atoms with van der Waals surface area (Å²) in [7, 11) is -2.10. The van der Waals surface area contributed by atoms with Gasteiger partial charge in [-0.1, -0.05) is 0 Å². The number of aryl methyl sites for hydroxylation is 1. The van der Waals surface area contributed by atoms with E-state index in [1.165, 1.54) is 7.11 Å². The molecule has 0 spiro atoms. The van der Waals surface area contributed by atoms with Crippen LogP contribution in [-0.4, -0.2) is 43.7 Å². The number of carbonyl (C=O) groups is 1. The number of nitrogens with zero attached hydrogens (tertiary/aromatic N) is 2. The van der Waals surface area contributed by atoms with Crippen molar-refractivity contribution in [3.8, 4) is 0 Å². The molecule has 0 radical (unpaired) electrons. The Labute approximate surface area is 122 Å². The summed E-state index contributed by atoms with van der Waals surface area (Å²) in [5, 5.41) is 0. The number of esters is 1. The van der Waals surface area contributed by atoms with Crippen LogP contribution in [0.5, 0.6) is 0 Å². The van der Waals surface area contributed by atoms with E-state index in [1.54, 1.807) is 22.9 Å². The number of pyridine rings is 1. The molecule has 2 aromatic heterocycles. The van der Waals surface area contributed by atoms with E-state index in [4.69, 9.17) is 4.74 Å². The molecule has 0 saturated heterocycles. The molecule has 0 unspecified atom stereocenters. The fourth-order valence-electron chi connectivity index (χ4n) is 1.97. The third-order valence-electron chi connectivity index (χ3n) is 2.87. The Morgan fingerprint density at radius 3 is 2.81 bits per heavy atom. The molecule has 2 heterocycles. The Kier molecular flexibility index (Phi) is 4.59. The molecule has 0 amide bonds. The molecule has 0 aliphatic rings. The minimum Gasteiger partial charge on any atom is -0.464 e. The zero-order chi connectivity index (χ0) is 15.5. The lowest BCUT2D eigenvalue weighted by Crippen LogP contribution is -2.09. The van der Waals surface area contributed by atoms with E-state index in [9.17, 15) is 13.2 Å². The van der Waals surface area contributed by atoms with Crippen LogP contribution in [0, 0.1) is 0 Å². The highest BCUT2D eigenvalue weighted by atomic mass is 32.2. The van der Waals surface area contributed by atoms with Gasteiger partial charge in [-0.05, 0) is 30.5 Å². The van der Waals surface area contributed by atoms with Gasteiger partial charge >= 0.3 is 5.97 Å². The van der Waals surface area contributed by atoms with E-state index in [1.807, 2.05) is 6.07 Å². The van der Waals surface area contributed by atoms with Gasteiger partial charge < -0.3 is 4.74 Å². The summed E-state index contributed by atoms with van der Waals surface area (Å²) < 4.78 is 32.8. The number of hydrogen-bond acceptors (Lipinski definition) is 6. The van der Waals surface area contributed by atoms with Crippen molar-refractivity contribution in [3.63, 3.8) is 0 Å². The molecule has 2 aromatic rings. The number of ether oxygens (including phenoxy) is 1. The lowest BCUT2D eigenvalue weighted by atomic mass is 10.1. The highest BCUT2D eigenvalue weighted by molar-refractivity contribution is 7.85. The topological polar surface area (TPSA) is 87.0 Å². The van der Waals surface area contributed by atoms with E-state index in [-0.39, 0.29) is 6.61 Å². The summed E-state index contributed by atoms with van der Waals surface area (Å²) >= 11 is 0. The molecule has 0 fully saturated rings. The molecule has 0 aliphatic carbocycles. The van der Waals surface area contributed by atoms with Crippen LogP contribution in [0.3, 0.4) is 0 Å². The molecular weight excluding hydrogens is 296 g/mol. The zero-order valence-electron chi connectivity index (χ0n) is 11.8. The van der Waals surface area contributed by atoms with Crippen molar-refractivity contribution in [3.05, 3.63) is 35.8 Å². The van der Waals surface area contributed by atoms with Crippen molar-refractivity contribution in [1.29, 1.82) is 0 Å². The first-order chi connectivity index (χ1) is 9.90. The monoisotopic (exact) mass is 312 g/mol. The van der Waals surface area contributed by atoms with Crippen molar-refractivity contribution in [2.24, 2.45) is 0 Å². The van der Waals surface area contributed by atoms with Crippen LogP contribution in [0.15, 0.2) is 24.5 Å². The maximum Gasteiger partial charge on any atom is 0.355 e. The van der Waals surface area contributed by atoms with Gasteiger partial charge in [-0.3, -0.25) is 8.58 Å². The van der Waals surface area contributed by atoms with Crippen molar-refractivity contribution in [2.45, 2.75) is 12.8 Å². The summed E-state index contributed by atoms with van der Waals surface area (Å²) in [6.45, 7) is 0.103. The molecule has 0 bridgehead atoms. The van der Waals surface area contributed by atoms with Crippen molar-refractivity contribution in [1.82, 2.24) is 9.38 Å². The van der Waals surface area contributed by atoms with Crippen LogP contribution in [-0.2, 0) is 25.5 Å². The number of carbonyl (C=O) groups excluding carboxylic acids is 1. The van der Waals surface area contributed by atoms with Gasteiger partial charge in [-0.25, -0.2) is 9.78 Å². The van der Waals surface area contributed by atoms with Crippen LogP contribution < -0.4 is 0 Å². The zero-order valence-corrected chi connectivity index (χ0v) is 12.6. The summed E-state index contributed by atoms with van der Waals surface area (Å²) in [6.07, 6.45) is 5.38. The SMILES string of the molecule is COC(=O)c1cc(CCCOS(C)(=O)=O)cc2nccn12. The van der Waals surface area contributed by atoms with Gasteiger partial charge in [-0.15, -0.1) is 0 Å². The largest absolute Gasteiger partial charge is 0.464 e. The van der Waals surface area contributed by atoms with Crippen molar-refractivity contribution < 1.29 is 22.1 Å². The lowest BCUT2D eigenvalue weighted by molar-refractivity contribution is 0.0592. The van der Waals surface area contributed by atoms with Gasteiger partial charge in [0.2, 0.25) is 0 Å². The third kappa shape index (κ3) is 4.02. The van der Waals surface area contributed by atoms with E-state index < -0.39 is 16.1 Å². The molecular formula is C13H16N2O5S. The first kappa shape index (κ1) is 15.5. The molecule has 0 aromatic carbocycles. The predicted octanol–water partition coefficient (Wildman–Crippen LogP) is 1.03. The number of rotatable bonds is 6. The number of aromatic nitrogens is 2. The van der Waals surface area contributed by atoms with Crippen molar-refractivity contribution in [2.75, 3.05) is 20.0 Å². The Morgan fingerprint density at radius 1 is 1.38 bits per heavy atom. The Bertz CT molecular complexity index is 751. The fourth-order valence-corrected chi connectivity index (χ4v) is 2.39. The number of hydrogen-bond donors (Lipinski definition) is 0. The first-order valence-corrected chi connectivity index (χ1v) is 8.11. The van der Waals surface area contributed by atoms with Crippen LogP contribution in [0.4, 0.5) is 0 Å². The van der Waals surface area contributed by atoms with Gasteiger partial charge in [0.1, 0.15) is 11.3 Å². The van der Waals surface area contributed by atoms with Gasteiger partial charge in [0, 0.05) is 12.4 Å². The molecule has 2 rings (SSSR count). The minimum atomic E-state index is -3.42. The van der Waals surface area contributed by atoms with Crippen LogP contribution >= 0.6 is 0 Å². The third-order valence-corrected chi connectivity index (χ3v) is 3.46. The second kappa shape index (κ2) is 6.23. The predicted molar refractivity (Wildman–Crippen MR) is 75.6 cm³/mol. The Hall–Kier alpha value is -1.93. The second-order valence-electron chi connectivity index (χ2n) is 4.53. The van der Waals surface area contributed by atoms with Crippen molar-refractivity contribution >= 4 is 21.7 Å². The van der Waals surface area contributed by atoms with Crippen LogP contribution in [0.25, 0.3) is 5.65 Å². The average molecular weight is 312 g/mol. The molecule has 0 saturated carbocycles. The number of methoxy groups -OCH3 is 1. The summed E-state index contributed by atoms with van der Waals surface area (Å²) in [5.41, 5.74) is 1.88. The molecule has 0 N–H and O–H groups in total. The van der Waals surface area contributed by atoms with E-state index in [2.05, 4.69) is 9.17 Å². The lowest BCUT2D eigenvalue weighted by Gasteiger charge is -2.07. The van der Waals surface area contributed by atoms with Crippen LogP contribution in [0.1, 0.15) is 22.5 Å². The Balaban J connectivity index is 2.15. The molecule has 0 aliphatic heterocycles. The molecule has 21 heavy (non-hydrogen) atoms. The van der Waals surface area contributed by atoms with Gasteiger partial charge in [0.25, 0.3) is 10.1 Å². The van der Waals surface area contributed by atoms with Gasteiger partial charge in [0.05, 0.1) is 20.0 Å². The highest BCUT2D eigenvalue weighted by Gasteiger charge is 2.12. The molecule has 8 heteroatoms. The van der Waals surface area contributed by atoms with Gasteiger partial charge in [-0.2, -0.15) is 8.42 Å². The quantitative estimate of drug-likeness (QED) is 0.450. The Morgan fingerprint density at radius 2 is 2.14 bits per heavy atom. The fraction of sp³-hybridized carbons (Fsp3) is 0.385. The molecule has 114 valence electrons. The molecule has 7 nitrogen and oxygen atoms in total. The number of imidazole rings is 1. The standard InChI is InChI=1S/C13H16N2O5S/c1-19-13(16)11-8-10(4-3-7-20-21(2,17)18)9-12-14-5-6-15(11)12/h5-6,8-9H,3-4,7H2,1-2H3. The summed E-state index contributed by atoms with van der Waals surface area (Å²) in [5.74, 6) is -0.452. The smallest absolute Gasteiger partial charge is 0.355 e. The molecule has 0 atom stereocenters. The van der Waals surface area contributed by atoms with Gasteiger partial charge in [0.15, 0.2) is 0 Å². The second-order valence-corrected chi connectivity index (χ2v) is 6.17. The summed E-state index contributed by atoms with van der Waals surface area (Å²) in [4.78, 5) is 15.9. The first-order valence-electron chi connectivity index (χ1n) is 6.29. The normalized spacial score (nSPS) is 11.7. The van der Waals surface area contributed by atoms with E-state index in [0.717, 1.165) is 11.8 Å². The van der Waals surface area contributed by atoms with E-state index >= 15 is 0 Å². The maximum atomic E-state index is 11.8. The average Bonchev–Trinajstić information content (AvgIpc) is 2.89. The number of fused-ring (bicyclic) bond motifs is 1. The minimum absolute atomic E-state index is 0.103.